The van der Waals surface area contributed by atoms with Crippen LogP contribution in [0.3, 0.4) is 0 Å². The molecule has 0 aromatic heterocycles. The maximum absolute atomic E-state index is 12.7. The number of nitrogens with zero attached hydrogens (tertiary/aromatic N) is 1. The first kappa shape index (κ1) is 17.5. The Morgan fingerprint density at radius 3 is 2.70 bits per heavy atom. The van der Waals surface area contributed by atoms with Gasteiger partial charge in [-0.25, -0.2) is 0 Å². The normalized spacial score (nSPS) is 18.5. The highest BCUT2D eigenvalue weighted by Gasteiger charge is 2.35. The van der Waals surface area contributed by atoms with Crippen molar-refractivity contribution in [2.24, 2.45) is 0 Å². The molecule has 0 radical (unpaired) electrons. The van der Waals surface area contributed by atoms with Crippen LogP contribution < -0.4 is 5.32 Å². The third-order valence-corrected chi connectivity index (χ3v) is 4.48. The average Bonchev–Trinajstić information content (AvgIpc) is 2.90. The summed E-state index contributed by atoms with van der Waals surface area (Å²) in [5.41, 5.74) is 0.547. The number of rotatable bonds is 3. The number of nitrogens with one attached hydrogen (secondary N) is 1. The molecule has 1 unspecified atom stereocenters. The van der Waals surface area contributed by atoms with Gasteiger partial charge in [-0.2, -0.15) is 0 Å². The van der Waals surface area contributed by atoms with Gasteiger partial charge in [0.2, 0.25) is 5.91 Å². The van der Waals surface area contributed by atoms with E-state index in [9.17, 15) is 4.79 Å². The molecule has 1 aromatic rings. The van der Waals surface area contributed by atoms with E-state index in [2.05, 4.69) is 21.2 Å². The lowest BCUT2D eigenvalue weighted by molar-refractivity contribution is -0.136. The van der Waals surface area contributed by atoms with E-state index in [-0.39, 0.29) is 18.3 Å². The molecule has 1 heterocycles. The Bertz CT molecular complexity index is 473. The van der Waals surface area contributed by atoms with Crippen molar-refractivity contribution in [3.63, 3.8) is 0 Å². The molecule has 1 N–H and O–H groups in total. The van der Waals surface area contributed by atoms with Crippen molar-refractivity contribution in [3.05, 3.63) is 34.3 Å². The molecule has 2 rings (SSSR count). The zero-order valence-electron chi connectivity index (χ0n) is 12.1. The van der Waals surface area contributed by atoms with Crippen LogP contribution in [0.15, 0.2) is 28.7 Å². The lowest BCUT2D eigenvalue weighted by Crippen LogP contribution is -2.47. The average molecular weight is 362 g/mol. The molecular weight excluding hydrogens is 340 g/mol. The quantitative estimate of drug-likeness (QED) is 0.897. The fourth-order valence-corrected chi connectivity index (χ4v) is 2.98. The Morgan fingerprint density at radius 1 is 1.45 bits per heavy atom. The second-order valence-corrected chi connectivity index (χ2v) is 6.61. The van der Waals surface area contributed by atoms with Gasteiger partial charge in [-0.1, -0.05) is 28.1 Å². The number of hydrogen-bond donors (Lipinski definition) is 1. The summed E-state index contributed by atoms with van der Waals surface area (Å²) >= 11 is 3.47. The van der Waals surface area contributed by atoms with Crippen LogP contribution >= 0.6 is 28.3 Å². The number of likely N-dealkylation sites (N-methyl/N-ethyl adjacent to an activating group) is 1. The van der Waals surface area contributed by atoms with Gasteiger partial charge in [0.15, 0.2) is 0 Å². The van der Waals surface area contributed by atoms with Crippen LogP contribution in [0, 0.1) is 0 Å². The van der Waals surface area contributed by atoms with Crippen LogP contribution in [0.1, 0.15) is 25.8 Å². The number of carbonyl (C=O) groups excluding carboxylic acids is 1. The molecule has 0 saturated carbocycles. The minimum atomic E-state index is -0.499. The minimum Gasteiger partial charge on any atom is -0.341 e. The minimum absolute atomic E-state index is 0. The Labute approximate surface area is 135 Å². The number of hydrogen-bond acceptors (Lipinski definition) is 2. The van der Waals surface area contributed by atoms with Crippen molar-refractivity contribution in [2.75, 3.05) is 20.1 Å². The van der Waals surface area contributed by atoms with Crippen molar-refractivity contribution in [1.29, 1.82) is 0 Å². The first-order valence-electron chi connectivity index (χ1n) is 6.67. The van der Waals surface area contributed by atoms with Gasteiger partial charge in [-0.05, 0) is 44.5 Å². The van der Waals surface area contributed by atoms with E-state index in [0.717, 1.165) is 29.5 Å². The lowest BCUT2D eigenvalue weighted by atomic mass is 9.83. The first-order valence-corrected chi connectivity index (χ1v) is 7.46. The summed E-state index contributed by atoms with van der Waals surface area (Å²) in [5.74, 6) is 0.180. The molecule has 20 heavy (non-hydrogen) atoms. The summed E-state index contributed by atoms with van der Waals surface area (Å²) in [4.78, 5) is 14.7. The number of halogens is 2. The van der Waals surface area contributed by atoms with E-state index in [1.165, 1.54) is 0 Å². The maximum Gasteiger partial charge on any atom is 0.232 e. The SMILES string of the molecule is CN(C(=O)C(C)(C)c1cccc(Br)c1)C1CCNC1.Cl. The summed E-state index contributed by atoms with van der Waals surface area (Å²) in [5, 5.41) is 3.31. The maximum atomic E-state index is 12.7. The largest absolute Gasteiger partial charge is 0.341 e. The molecule has 5 heteroatoms. The summed E-state index contributed by atoms with van der Waals surface area (Å²) in [6.45, 7) is 5.89. The predicted molar refractivity (Wildman–Crippen MR) is 88.5 cm³/mol. The zero-order valence-corrected chi connectivity index (χ0v) is 14.6. The highest BCUT2D eigenvalue weighted by atomic mass is 79.9. The fourth-order valence-electron chi connectivity index (χ4n) is 2.58. The van der Waals surface area contributed by atoms with Gasteiger partial charge in [-0.15, -0.1) is 12.4 Å². The Morgan fingerprint density at radius 2 is 2.15 bits per heavy atom. The van der Waals surface area contributed by atoms with Crippen molar-refractivity contribution in [1.82, 2.24) is 10.2 Å². The topological polar surface area (TPSA) is 32.3 Å². The second kappa shape index (κ2) is 6.92. The van der Waals surface area contributed by atoms with Crippen LogP contribution in [-0.4, -0.2) is 37.0 Å². The Kier molecular flexibility index (Phi) is 6.05. The molecule has 1 aromatic carbocycles. The summed E-state index contributed by atoms with van der Waals surface area (Å²) < 4.78 is 1.01. The highest BCUT2D eigenvalue weighted by Crippen LogP contribution is 2.28. The Hall–Kier alpha value is -0.580. The lowest BCUT2D eigenvalue weighted by Gasteiger charge is -2.33. The molecule has 1 aliphatic rings. The standard InChI is InChI=1S/C15H21BrN2O.ClH/c1-15(2,11-5-4-6-12(16)9-11)14(19)18(3)13-7-8-17-10-13;/h4-6,9,13,17H,7-8,10H2,1-3H3;1H. The summed E-state index contributed by atoms with van der Waals surface area (Å²) in [7, 11) is 1.92. The number of amides is 1. The first-order chi connectivity index (χ1) is 8.93. The monoisotopic (exact) mass is 360 g/mol. The number of carbonyl (C=O) groups is 1. The van der Waals surface area contributed by atoms with Crippen molar-refractivity contribution in [2.45, 2.75) is 31.7 Å². The molecule has 1 fully saturated rings. The van der Waals surface area contributed by atoms with E-state index in [1.807, 2.05) is 50.1 Å². The van der Waals surface area contributed by atoms with Gasteiger partial charge < -0.3 is 10.2 Å². The zero-order chi connectivity index (χ0) is 14.0. The molecule has 1 saturated heterocycles. The van der Waals surface area contributed by atoms with Crippen molar-refractivity contribution in [3.8, 4) is 0 Å². The van der Waals surface area contributed by atoms with E-state index < -0.39 is 5.41 Å². The molecule has 1 atom stereocenters. The van der Waals surface area contributed by atoms with Crippen LogP contribution in [0.25, 0.3) is 0 Å². The molecule has 0 bridgehead atoms. The molecule has 112 valence electrons. The van der Waals surface area contributed by atoms with E-state index in [4.69, 9.17) is 0 Å². The third kappa shape index (κ3) is 3.54. The van der Waals surface area contributed by atoms with Gasteiger partial charge in [0.1, 0.15) is 0 Å². The van der Waals surface area contributed by atoms with Crippen LogP contribution in [0.4, 0.5) is 0 Å². The molecule has 3 nitrogen and oxygen atoms in total. The highest BCUT2D eigenvalue weighted by molar-refractivity contribution is 9.10. The molecule has 0 spiro atoms. The van der Waals surface area contributed by atoms with Crippen molar-refractivity contribution >= 4 is 34.2 Å². The van der Waals surface area contributed by atoms with Gasteiger partial charge >= 0.3 is 0 Å². The van der Waals surface area contributed by atoms with E-state index in [0.29, 0.717) is 6.04 Å². The van der Waals surface area contributed by atoms with Gasteiger partial charge in [-0.3, -0.25) is 4.79 Å². The van der Waals surface area contributed by atoms with Gasteiger partial charge in [0, 0.05) is 24.1 Å². The molecule has 1 amide bonds. The summed E-state index contributed by atoms with van der Waals surface area (Å²) in [6, 6.07) is 8.32. The summed E-state index contributed by atoms with van der Waals surface area (Å²) in [6.07, 6.45) is 1.04. The molecule has 0 aliphatic carbocycles. The van der Waals surface area contributed by atoms with Gasteiger partial charge in [0.25, 0.3) is 0 Å². The van der Waals surface area contributed by atoms with Crippen LogP contribution in [0.5, 0.6) is 0 Å². The predicted octanol–water partition coefficient (Wildman–Crippen LogP) is 2.97. The second-order valence-electron chi connectivity index (χ2n) is 5.70. The van der Waals surface area contributed by atoms with Gasteiger partial charge in [0.05, 0.1) is 5.41 Å². The van der Waals surface area contributed by atoms with Crippen LogP contribution in [0.2, 0.25) is 0 Å². The van der Waals surface area contributed by atoms with E-state index >= 15 is 0 Å². The molecule has 1 aliphatic heterocycles. The third-order valence-electron chi connectivity index (χ3n) is 3.98. The Balaban J connectivity index is 0.00000200. The number of benzene rings is 1. The fraction of sp³-hybridized carbons (Fsp3) is 0.533. The van der Waals surface area contributed by atoms with Crippen LogP contribution in [-0.2, 0) is 10.2 Å². The molecular formula is C15H22BrClN2O. The smallest absolute Gasteiger partial charge is 0.232 e. The van der Waals surface area contributed by atoms with E-state index in [1.54, 1.807) is 0 Å². The van der Waals surface area contributed by atoms with Crippen molar-refractivity contribution < 1.29 is 4.79 Å².